The summed E-state index contributed by atoms with van der Waals surface area (Å²) in [5.41, 5.74) is 11.1. The molecular weight excluding hydrogens is 350 g/mol. The van der Waals surface area contributed by atoms with Crippen molar-refractivity contribution >= 4 is 5.57 Å². The summed E-state index contributed by atoms with van der Waals surface area (Å²) >= 11 is 0. The van der Waals surface area contributed by atoms with Crippen molar-refractivity contribution < 1.29 is 0 Å². The Morgan fingerprint density at radius 2 is 1.66 bits per heavy atom. The third kappa shape index (κ3) is 5.26. The average molecular weight is 384 g/mol. The minimum absolute atomic E-state index is 0.171. The first-order valence-electron chi connectivity index (χ1n) is 9.91. The fourth-order valence-corrected chi connectivity index (χ4v) is 3.52. The van der Waals surface area contributed by atoms with Crippen molar-refractivity contribution in [3.63, 3.8) is 0 Å². The summed E-state index contributed by atoms with van der Waals surface area (Å²) in [6.45, 7) is 29.5. The first kappa shape index (κ1) is 22.2. The quantitative estimate of drug-likeness (QED) is 0.436. The summed E-state index contributed by atoms with van der Waals surface area (Å²) in [5.74, 6) is 0.171. The van der Waals surface area contributed by atoms with Crippen molar-refractivity contribution in [2.75, 3.05) is 0 Å². The van der Waals surface area contributed by atoms with Gasteiger partial charge in [-0.15, -0.1) is 0 Å². The number of nitrogens with one attached hydrogen (secondary N) is 1. The molecule has 0 fully saturated rings. The Hall–Kier alpha value is -3.06. The van der Waals surface area contributed by atoms with Crippen LogP contribution in [0.2, 0.25) is 0 Å². The van der Waals surface area contributed by atoms with E-state index in [0.29, 0.717) is 6.54 Å². The van der Waals surface area contributed by atoms with Crippen LogP contribution in [0.1, 0.15) is 38.8 Å². The van der Waals surface area contributed by atoms with E-state index in [4.69, 9.17) is 0 Å². The molecule has 0 aliphatic heterocycles. The van der Waals surface area contributed by atoms with E-state index in [1.807, 2.05) is 19.9 Å². The molecule has 0 saturated carbocycles. The van der Waals surface area contributed by atoms with E-state index in [1.165, 1.54) is 22.3 Å². The van der Waals surface area contributed by atoms with E-state index >= 15 is 0 Å². The Labute approximate surface area is 176 Å². The van der Waals surface area contributed by atoms with E-state index in [2.05, 4.69) is 88.5 Å². The lowest BCUT2D eigenvalue weighted by Crippen LogP contribution is -2.19. The van der Waals surface area contributed by atoms with Gasteiger partial charge in [0.05, 0.1) is 0 Å². The maximum absolute atomic E-state index is 4.35. The van der Waals surface area contributed by atoms with Crippen LogP contribution in [0.25, 0.3) is 5.57 Å². The Kier molecular flexibility index (Phi) is 7.23. The molecule has 1 N–H and O–H groups in total. The van der Waals surface area contributed by atoms with Gasteiger partial charge in [0.15, 0.2) is 0 Å². The second-order valence-corrected chi connectivity index (χ2v) is 7.88. The summed E-state index contributed by atoms with van der Waals surface area (Å²) < 4.78 is 0. The van der Waals surface area contributed by atoms with Crippen LogP contribution in [0.15, 0.2) is 115 Å². The molecule has 1 atom stereocenters. The monoisotopic (exact) mass is 383 g/mol. The van der Waals surface area contributed by atoms with Gasteiger partial charge < -0.3 is 5.32 Å². The summed E-state index contributed by atoms with van der Waals surface area (Å²) in [7, 11) is 0. The van der Waals surface area contributed by atoms with Crippen LogP contribution >= 0.6 is 0 Å². The number of benzene rings is 1. The molecule has 1 aromatic carbocycles. The minimum Gasteiger partial charge on any atom is -0.381 e. The Bertz CT molecular complexity index is 958. The molecule has 0 bridgehead atoms. The first-order valence-corrected chi connectivity index (χ1v) is 9.91. The Morgan fingerprint density at radius 1 is 1.03 bits per heavy atom. The molecule has 1 aromatic rings. The lowest BCUT2D eigenvalue weighted by atomic mass is 9.85. The van der Waals surface area contributed by atoms with Gasteiger partial charge in [0.1, 0.15) is 0 Å². The van der Waals surface area contributed by atoms with Crippen LogP contribution in [0.5, 0.6) is 0 Å². The number of hydrogen-bond donors (Lipinski definition) is 1. The van der Waals surface area contributed by atoms with Crippen molar-refractivity contribution in [3.05, 3.63) is 126 Å². The van der Waals surface area contributed by atoms with Gasteiger partial charge in [-0.1, -0.05) is 91.6 Å². The van der Waals surface area contributed by atoms with Gasteiger partial charge in [-0.3, -0.25) is 0 Å². The largest absolute Gasteiger partial charge is 0.381 e. The molecule has 1 unspecified atom stereocenters. The molecule has 0 saturated heterocycles. The molecule has 0 radical (unpaired) electrons. The zero-order valence-corrected chi connectivity index (χ0v) is 18.4. The predicted octanol–water partition coefficient (Wildman–Crippen LogP) is 7.46. The topological polar surface area (TPSA) is 12.0 Å². The van der Waals surface area contributed by atoms with Crippen molar-refractivity contribution in [2.45, 2.75) is 34.2 Å². The van der Waals surface area contributed by atoms with Crippen LogP contribution in [-0.2, 0) is 6.54 Å². The molecule has 150 valence electrons. The molecule has 1 heteroatoms. The molecular formula is C28H33N. The maximum Gasteiger partial charge on any atom is 0.0400 e. The van der Waals surface area contributed by atoms with Crippen LogP contribution in [0, 0.1) is 5.92 Å². The highest BCUT2D eigenvalue weighted by Crippen LogP contribution is 2.39. The number of hydrogen-bond acceptors (Lipinski definition) is 1. The zero-order chi connectivity index (χ0) is 21.7. The zero-order valence-electron chi connectivity index (χ0n) is 18.4. The standard InChI is InChI=1S/C28H33N/c1-10-25-15-21(7)28(22(25)8)27(16-20(6)18(2)3)23(9)29-17-24-11-13-26(14-12-24)19(4)5/h10-16,28-29H,1-2,4,6,9,17H2,3,5,7-8H3/b27-16-. The predicted molar refractivity (Wildman–Crippen MR) is 129 cm³/mol. The van der Waals surface area contributed by atoms with E-state index in [9.17, 15) is 0 Å². The van der Waals surface area contributed by atoms with Gasteiger partial charge in [0, 0.05) is 18.2 Å². The van der Waals surface area contributed by atoms with Crippen LogP contribution in [0.4, 0.5) is 0 Å². The van der Waals surface area contributed by atoms with Gasteiger partial charge in [-0.25, -0.2) is 0 Å². The van der Waals surface area contributed by atoms with E-state index in [1.54, 1.807) is 0 Å². The van der Waals surface area contributed by atoms with Crippen LogP contribution in [0.3, 0.4) is 0 Å². The van der Waals surface area contributed by atoms with Gasteiger partial charge in [-0.2, -0.15) is 0 Å². The van der Waals surface area contributed by atoms with Crippen LogP contribution < -0.4 is 5.32 Å². The van der Waals surface area contributed by atoms with E-state index in [-0.39, 0.29) is 5.92 Å². The molecule has 2 rings (SSSR count). The summed E-state index contributed by atoms with van der Waals surface area (Å²) in [6, 6.07) is 8.47. The van der Waals surface area contributed by atoms with Crippen LogP contribution in [-0.4, -0.2) is 0 Å². The fraction of sp³-hybridized carbons (Fsp3) is 0.214. The molecule has 0 spiro atoms. The summed E-state index contributed by atoms with van der Waals surface area (Å²) in [4.78, 5) is 0. The third-order valence-electron chi connectivity index (χ3n) is 5.44. The van der Waals surface area contributed by atoms with E-state index < -0.39 is 0 Å². The van der Waals surface area contributed by atoms with Gasteiger partial charge in [0.2, 0.25) is 0 Å². The summed E-state index contributed by atoms with van der Waals surface area (Å²) in [6.07, 6.45) is 6.23. The second kappa shape index (κ2) is 9.43. The molecule has 0 amide bonds. The van der Waals surface area contributed by atoms with Crippen molar-refractivity contribution in [1.29, 1.82) is 0 Å². The highest BCUT2D eigenvalue weighted by Gasteiger charge is 2.26. The average Bonchev–Trinajstić information content (AvgIpc) is 2.97. The van der Waals surface area contributed by atoms with Gasteiger partial charge in [0.25, 0.3) is 0 Å². The lowest BCUT2D eigenvalue weighted by Gasteiger charge is -2.23. The summed E-state index contributed by atoms with van der Waals surface area (Å²) in [5, 5.41) is 3.51. The van der Waals surface area contributed by atoms with Crippen molar-refractivity contribution in [3.8, 4) is 0 Å². The fourth-order valence-electron chi connectivity index (χ4n) is 3.52. The smallest absolute Gasteiger partial charge is 0.0400 e. The van der Waals surface area contributed by atoms with Gasteiger partial charge >= 0.3 is 0 Å². The maximum atomic E-state index is 4.35. The molecule has 1 nitrogen and oxygen atoms in total. The SMILES string of the molecule is C=CC1=C(C)C(/C(=C\C(=C)C(=C)C)C(=C)NCc2ccc(C(=C)C)cc2)C(C)=C1. The molecule has 1 aliphatic carbocycles. The van der Waals surface area contributed by atoms with Crippen molar-refractivity contribution in [1.82, 2.24) is 5.32 Å². The molecule has 29 heavy (non-hydrogen) atoms. The van der Waals surface area contributed by atoms with Crippen molar-refractivity contribution in [2.24, 2.45) is 5.92 Å². The molecule has 0 heterocycles. The first-order chi connectivity index (χ1) is 13.6. The van der Waals surface area contributed by atoms with Gasteiger partial charge in [-0.05, 0) is 61.6 Å². The number of rotatable bonds is 9. The molecule has 1 aliphatic rings. The highest BCUT2D eigenvalue weighted by atomic mass is 14.9. The van der Waals surface area contributed by atoms with E-state index in [0.717, 1.165) is 33.6 Å². The normalized spacial score (nSPS) is 16.3. The molecule has 0 aromatic heterocycles. The Balaban J connectivity index is 2.28. The Morgan fingerprint density at radius 3 is 2.14 bits per heavy atom. The second-order valence-electron chi connectivity index (χ2n) is 7.88. The minimum atomic E-state index is 0.171. The number of allylic oxidation sites excluding steroid dienone is 10. The highest BCUT2D eigenvalue weighted by molar-refractivity contribution is 5.61. The lowest BCUT2D eigenvalue weighted by molar-refractivity contribution is 0.766. The third-order valence-corrected chi connectivity index (χ3v) is 5.44.